The number of methoxy groups -OCH3 is 1. The number of amides is 1. The number of sulfone groups is 1. The molecule has 1 aromatic carbocycles. The van der Waals surface area contributed by atoms with Gasteiger partial charge < -0.3 is 15.0 Å². The summed E-state index contributed by atoms with van der Waals surface area (Å²) >= 11 is 0. The Hall–Kier alpha value is -1.76. The average molecular weight is 326 g/mol. The second-order valence-corrected chi connectivity index (χ2v) is 7.83. The third-order valence-corrected chi connectivity index (χ3v) is 5.70. The van der Waals surface area contributed by atoms with Crippen molar-refractivity contribution in [1.29, 1.82) is 0 Å². The van der Waals surface area contributed by atoms with Gasteiger partial charge in [-0.3, -0.25) is 4.79 Å². The Morgan fingerprint density at radius 3 is 2.50 bits per heavy atom. The Kier molecular flexibility index (Phi) is 4.95. The van der Waals surface area contributed by atoms with Crippen molar-refractivity contribution in [1.82, 2.24) is 4.90 Å². The van der Waals surface area contributed by atoms with Crippen LogP contribution in [0.3, 0.4) is 0 Å². The molecule has 1 N–H and O–H groups in total. The number of nitrogens with zero attached hydrogens (tertiary/aromatic N) is 1. The Bertz CT molecular complexity index is 627. The fraction of sp³-hybridized carbons (Fsp3) is 0.533. The second-order valence-electron chi connectivity index (χ2n) is 5.60. The van der Waals surface area contributed by atoms with E-state index in [0.717, 1.165) is 11.4 Å². The minimum atomic E-state index is -2.99. The molecular formula is C15H22N2O4S. The van der Waals surface area contributed by atoms with E-state index >= 15 is 0 Å². The first-order chi connectivity index (χ1) is 10.3. The highest BCUT2D eigenvalue weighted by molar-refractivity contribution is 7.91. The summed E-state index contributed by atoms with van der Waals surface area (Å²) in [5.41, 5.74) is 0.814. The van der Waals surface area contributed by atoms with Gasteiger partial charge in [-0.05, 0) is 37.6 Å². The van der Waals surface area contributed by atoms with Crippen molar-refractivity contribution < 1.29 is 17.9 Å². The first-order valence-electron chi connectivity index (χ1n) is 7.20. The largest absolute Gasteiger partial charge is 0.497 e. The van der Waals surface area contributed by atoms with Crippen LogP contribution in [0, 0.1) is 0 Å². The zero-order chi connectivity index (χ0) is 16.3. The van der Waals surface area contributed by atoms with Gasteiger partial charge in [-0.2, -0.15) is 0 Å². The van der Waals surface area contributed by atoms with E-state index < -0.39 is 15.9 Å². The van der Waals surface area contributed by atoms with Gasteiger partial charge in [-0.15, -0.1) is 0 Å². The number of ether oxygens (including phenoxy) is 1. The summed E-state index contributed by atoms with van der Waals surface area (Å²) in [7, 11) is 0.269. The summed E-state index contributed by atoms with van der Waals surface area (Å²) in [4.78, 5) is 14.0. The fourth-order valence-electron chi connectivity index (χ4n) is 2.57. The molecule has 7 heteroatoms. The van der Waals surface area contributed by atoms with Crippen molar-refractivity contribution in [3.63, 3.8) is 0 Å². The maximum atomic E-state index is 12.4. The lowest BCUT2D eigenvalue weighted by molar-refractivity contribution is -0.132. The van der Waals surface area contributed by atoms with Gasteiger partial charge in [0.05, 0.1) is 18.6 Å². The second kappa shape index (κ2) is 6.56. The molecule has 1 saturated heterocycles. The number of benzene rings is 1. The molecule has 1 aliphatic heterocycles. The molecule has 0 aliphatic carbocycles. The number of carbonyl (C=O) groups is 1. The van der Waals surface area contributed by atoms with E-state index in [-0.39, 0.29) is 23.5 Å². The maximum absolute atomic E-state index is 12.4. The highest BCUT2D eigenvalue weighted by atomic mass is 32.2. The third kappa shape index (κ3) is 3.91. The molecule has 0 radical (unpaired) electrons. The van der Waals surface area contributed by atoms with Crippen molar-refractivity contribution in [2.24, 2.45) is 0 Å². The molecule has 0 aromatic heterocycles. The fourth-order valence-corrected chi connectivity index (χ4v) is 4.34. The Morgan fingerprint density at radius 2 is 2.00 bits per heavy atom. The van der Waals surface area contributed by atoms with E-state index in [2.05, 4.69) is 5.32 Å². The van der Waals surface area contributed by atoms with E-state index in [0.29, 0.717) is 6.42 Å². The molecule has 1 fully saturated rings. The van der Waals surface area contributed by atoms with Crippen LogP contribution in [0.1, 0.15) is 13.3 Å². The van der Waals surface area contributed by atoms with Gasteiger partial charge in [-0.1, -0.05) is 0 Å². The first kappa shape index (κ1) is 16.6. The zero-order valence-electron chi connectivity index (χ0n) is 13.1. The Balaban J connectivity index is 1.96. The molecule has 22 heavy (non-hydrogen) atoms. The molecular weight excluding hydrogens is 304 g/mol. The average Bonchev–Trinajstić information content (AvgIpc) is 2.86. The van der Waals surface area contributed by atoms with Crippen molar-refractivity contribution >= 4 is 21.4 Å². The van der Waals surface area contributed by atoms with Crippen LogP contribution in [0.5, 0.6) is 5.75 Å². The lowest BCUT2D eigenvalue weighted by Gasteiger charge is -2.27. The van der Waals surface area contributed by atoms with Crippen molar-refractivity contribution in [2.45, 2.75) is 25.4 Å². The van der Waals surface area contributed by atoms with Gasteiger partial charge in [0.1, 0.15) is 11.8 Å². The monoisotopic (exact) mass is 326 g/mol. The van der Waals surface area contributed by atoms with Crippen molar-refractivity contribution in [3.05, 3.63) is 24.3 Å². The van der Waals surface area contributed by atoms with Crippen LogP contribution in [-0.4, -0.2) is 57.0 Å². The summed E-state index contributed by atoms with van der Waals surface area (Å²) in [5, 5.41) is 3.12. The van der Waals surface area contributed by atoms with E-state index in [1.54, 1.807) is 26.0 Å². The van der Waals surface area contributed by atoms with E-state index in [1.165, 1.54) is 0 Å². The van der Waals surface area contributed by atoms with E-state index in [1.807, 2.05) is 24.3 Å². The number of likely N-dealkylation sites (N-methyl/N-ethyl adjacent to an activating group) is 1. The van der Waals surface area contributed by atoms with Crippen LogP contribution in [-0.2, 0) is 14.6 Å². The maximum Gasteiger partial charge on any atom is 0.244 e. The lowest BCUT2D eigenvalue weighted by atomic mass is 10.2. The molecule has 6 nitrogen and oxygen atoms in total. The third-order valence-electron chi connectivity index (χ3n) is 3.95. The van der Waals surface area contributed by atoms with Gasteiger partial charge in [0.15, 0.2) is 9.84 Å². The summed E-state index contributed by atoms with van der Waals surface area (Å²) in [6, 6.07) is 6.64. The Labute approximate surface area is 131 Å². The van der Waals surface area contributed by atoms with Crippen molar-refractivity contribution in [3.8, 4) is 5.75 Å². The number of hydrogen-bond donors (Lipinski definition) is 1. The van der Waals surface area contributed by atoms with Gasteiger partial charge in [-0.25, -0.2) is 8.42 Å². The topological polar surface area (TPSA) is 75.7 Å². The molecule has 0 spiro atoms. The quantitative estimate of drug-likeness (QED) is 0.878. The minimum absolute atomic E-state index is 0.0600. The molecule has 2 rings (SSSR count). The summed E-state index contributed by atoms with van der Waals surface area (Å²) in [5.74, 6) is 0.857. The van der Waals surface area contributed by atoms with Gasteiger partial charge >= 0.3 is 0 Å². The summed E-state index contributed by atoms with van der Waals surface area (Å²) in [6.45, 7) is 1.77. The van der Waals surface area contributed by atoms with Crippen molar-refractivity contribution in [2.75, 3.05) is 31.0 Å². The van der Waals surface area contributed by atoms with Gasteiger partial charge in [0.2, 0.25) is 5.91 Å². The predicted molar refractivity (Wildman–Crippen MR) is 85.9 cm³/mol. The Morgan fingerprint density at radius 1 is 1.36 bits per heavy atom. The van der Waals surface area contributed by atoms with Crippen LogP contribution in [0.4, 0.5) is 5.69 Å². The van der Waals surface area contributed by atoms with Crippen LogP contribution >= 0.6 is 0 Å². The molecule has 122 valence electrons. The van der Waals surface area contributed by atoms with Gasteiger partial charge in [0.25, 0.3) is 0 Å². The molecule has 0 saturated carbocycles. The van der Waals surface area contributed by atoms with Gasteiger partial charge in [0, 0.05) is 18.8 Å². The summed E-state index contributed by atoms with van der Waals surface area (Å²) in [6.07, 6.45) is 0.514. The minimum Gasteiger partial charge on any atom is -0.497 e. The number of hydrogen-bond acceptors (Lipinski definition) is 5. The van der Waals surface area contributed by atoms with E-state index in [9.17, 15) is 13.2 Å². The van der Waals surface area contributed by atoms with E-state index in [4.69, 9.17) is 4.74 Å². The molecule has 0 unspecified atom stereocenters. The smallest absolute Gasteiger partial charge is 0.244 e. The molecule has 0 bridgehead atoms. The standard InChI is InChI=1S/C15H22N2O4S/c1-11(16-12-4-6-14(21-3)7-5-12)15(18)17(2)13-8-9-22(19,20)10-13/h4-7,11,13,16H,8-10H2,1-3H3/t11-,13+/m0/s1. The summed E-state index contributed by atoms with van der Waals surface area (Å²) < 4.78 is 28.1. The first-order valence-corrected chi connectivity index (χ1v) is 9.02. The number of anilines is 1. The zero-order valence-corrected chi connectivity index (χ0v) is 13.9. The number of rotatable bonds is 5. The molecule has 1 aromatic rings. The van der Waals surface area contributed by atoms with Crippen LogP contribution in [0.15, 0.2) is 24.3 Å². The SMILES string of the molecule is COc1ccc(N[C@@H](C)C(=O)N(C)[C@@H]2CCS(=O)(=O)C2)cc1. The highest BCUT2D eigenvalue weighted by Crippen LogP contribution is 2.19. The predicted octanol–water partition coefficient (Wildman–Crippen LogP) is 1.14. The highest BCUT2D eigenvalue weighted by Gasteiger charge is 2.33. The molecule has 1 amide bonds. The normalized spacial score (nSPS) is 21.1. The lowest BCUT2D eigenvalue weighted by Crippen LogP contribution is -2.45. The number of carbonyl (C=O) groups excluding carboxylic acids is 1. The molecule has 1 aliphatic rings. The molecule has 1 heterocycles. The van der Waals surface area contributed by atoms with Crippen LogP contribution in [0.25, 0.3) is 0 Å². The van der Waals surface area contributed by atoms with Crippen LogP contribution in [0.2, 0.25) is 0 Å². The molecule has 2 atom stereocenters. The van der Waals surface area contributed by atoms with Crippen LogP contribution < -0.4 is 10.1 Å². The number of nitrogens with one attached hydrogen (secondary N) is 1.